The highest BCUT2D eigenvalue weighted by atomic mass is 28.4. The maximum atomic E-state index is 13.2. The van der Waals surface area contributed by atoms with Crippen molar-refractivity contribution >= 4 is 26.3 Å². The average Bonchev–Trinajstić information content (AvgIpc) is 2.99. The third-order valence-corrected chi connectivity index (χ3v) is 13.0. The molecule has 2 amide bonds. The molecule has 0 aliphatic carbocycles. The number of amides is 2. The van der Waals surface area contributed by atoms with E-state index in [9.17, 15) is 19.5 Å². The van der Waals surface area contributed by atoms with Crippen molar-refractivity contribution in [3.63, 3.8) is 0 Å². The third-order valence-electron chi connectivity index (χ3n) is 8.49. The van der Waals surface area contributed by atoms with Crippen molar-refractivity contribution in [2.24, 2.45) is 5.92 Å². The summed E-state index contributed by atoms with van der Waals surface area (Å²) in [7, 11) is 2.08. The van der Waals surface area contributed by atoms with E-state index in [1.54, 1.807) is 32.9 Å². The van der Waals surface area contributed by atoms with Crippen molar-refractivity contribution in [2.75, 3.05) is 21.3 Å². The lowest BCUT2D eigenvalue weighted by Gasteiger charge is -2.42. The number of carboxylic acid groups (broad SMARTS) is 1. The number of rotatable bonds is 17. The fraction of sp³-hybridized carbons (Fsp3) is 0.583. The van der Waals surface area contributed by atoms with Crippen molar-refractivity contribution in [1.29, 1.82) is 0 Å². The molecule has 11 nitrogen and oxygen atoms in total. The van der Waals surface area contributed by atoms with Gasteiger partial charge >= 0.3 is 12.1 Å². The Balaban J connectivity index is 2.38. The lowest BCUT2D eigenvalue weighted by atomic mass is 9.90. The molecule has 0 saturated carbocycles. The van der Waals surface area contributed by atoms with Gasteiger partial charge in [-0.2, -0.15) is 0 Å². The summed E-state index contributed by atoms with van der Waals surface area (Å²) in [6, 6.07) is 12.2. The summed E-state index contributed by atoms with van der Waals surface area (Å²) in [6.07, 6.45) is -0.711. The summed E-state index contributed by atoms with van der Waals surface area (Å²) in [6.45, 7) is 16.0. The number of aliphatic carboxylic acids is 1. The molecule has 0 saturated heterocycles. The van der Waals surface area contributed by atoms with Crippen LogP contribution in [-0.4, -0.2) is 70.5 Å². The van der Waals surface area contributed by atoms with Gasteiger partial charge in [0.25, 0.3) is 0 Å². The molecule has 268 valence electrons. The van der Waals surface area contributed by atoms with Crippen LogP contribution in [0.5, 0.6) is 17.2 Å². The van der Waals surface area contributed by atoms with Gasteiger partial charge in [0.1, 0.15) is 5.60 Å². The Hall–Kier alpha value is -3.77. The van der Waals surface area contributed by atoms with E-state index in [4.69, 9.17) is 23.4 Å². The van der Waals surface area contributed by atoms with E-state index in [0.29, 0.717) is 23.7 Å². The first-order valence-corrected chi connectivity index (χ1v) is 19.2. The molecule has 0 aromatic heterocycles. The van der Waals surface area contributed by atoms with Gasteiger partial charge in [0.05, 0.1) is 39.4 Å². The van der Waals surface area contributed by atoms with Crippen LogP contribution in [0.3, 0.4) is 0 Å². The van der Waals surface area contributed by atoms with Gasteiger partial charge < -0.3 is 39.1 Å². The number of benzene rings is 2. The zero-order valence-corrected chi connectivity index (χ0v) is 31.5. The van der Waals surface area contributed by atoms with Crippen LogP contribution in [0.25, 0.3) is 0 Å². The Bertz CT molecular complexity index is 1330. The Morgan fingerprint density at radius 3 is 1.94 bits per heavy atom. The van der Waals surface area contributed by atoms with E-state index >= 15 is 0 Å². The first-order chi connectivity index (χ1) is 22.3. The fourth-order valence-corrected chi connectivity index (χ4v) is 6.29. The average molecular weight is 689 g/mol. The van der Waals surface area contributed by atoms with Gasteiger partial charge in [-0.25, -0.2) is 4.79 Å². The summed E-state index contributed by atoms with van der Waals surface area (Å²) in [5, 5.41) is 16.0. The SMILES string of the molecule is COc1cc(CNC(=O)CC[C@H](NC(=O)OC(C)(C)C)[C@@H](C[C@@H](Cc2ccccc2)C(=O)O)O[Si](C)(C)C(C)(C)C)cc(OC)c1OC. The molecule has 0 heterocycles. The third kappa shape index (κ3) is 12.7. The van der Waals surface area contributed by atoms with Crippen LogP contribution in [0.4, 0.5) is 4.79 Å². The Morgan fingerprint density at radius 1 is 0.875 bits per heavy atom. The summed E-state index contributed by atoms with van der Waals surface area (Å²) in [4.78, 5) is 39.0. The topological polar surface area (TPSA) is 142 Å². The number of alkyl carbamates (subject to hydrolysis) is 1. The molecule has 2 aromatic rings. The molecular formula is C36H56N2O9Si. The summed E-state index contributed by atoms with van der Waals surface area (Å²) < 4.78 is 28.7. The molecule has 3 N–H and O–H groups in total. The van der Waals surface area contributed by atoms with E-state index < -0.39 is 44.0 Å². The molecule has 0 bridgehead atoms. The predicted octanol–water partition coefficient (Wildman–Crippen LogP) is 6.73. The number of methoxy groups -OCH3 is 3. The highest BCUT2D eigenvalue weighted by molar-refractivity contribution is 6.74. The standard InChI is InChI=1S/C36H56N2O9Si/c1-35(2,3)46-34(42)38-27(17-18-31(39)37-23-25-20-29(43-7)32(45-9)30(21-25)44-8)28(47-48(10,11)36(4,5)6)22-26(33(40)41)19-24-15-13-12-14-16-24/h12-16,20-21,26-28H,17-19,22-23H2,1-11H3,(H,37,39)(H,38,42)(H,40,41)/t26-,27+,28-/m1/s1. The van der Waals surface area contributed by atoms with E-state index in [0.717, 1.165) is 11.1 Å². The minimum absolute atomic E-state index is 0.0404. The number of ether oxygens (including phenoxy) is 4. The Labute approximate surface area is 287 Å². The minimum Gasteiger partial charge on any atom is -0.493 e. The Kier molecular flexibility index (Phi) is 14.8. The van der Waals surface area contributed by atoms with Crippen LogP contribution >= 0.6 is 0 Å². The number of carboxylic acids is 1. The van der Waals surface area contributed by atoms with Crippen LogP contribution < -0.4 is 24.8 Å². The normalized spacial score (nSPS) is 13.9. The lowest BCUT2D eigenvalue weighted by molar-refractivity contribution is -0.143. The van der Waals surface area contributed by atoms with E-state index in [-0.39, 0.29) is 36.8 Å². The number of nitrogens with one attached hydrogen (secondary N) is 2. The second-order valence-corrected chi connectivity index (χ2v) is 19.2. The Morgan fingerprint density at radius 2 is 1.46 bits per heavy atom. The first kappa shape index (κ1) is 40.4. The van der Waals surface area contributed by atoms with Crippen LogP contribution in [0.15, 0.2) is 42.5 Å². The van der Waals surface area contributed by atoms with Gasteiger partial charge in [-0.3, -0.25) is 9.59 Å². The lowest BCUT2D eigenvalue weighted by Crippen LogP contribution is -2.53. The maximum Gasteiger partial charge on any atom is 0.407 e. The second kappa shape index (κ2) is 17.6. The van der Waals surface area contributed by atoms with E-state index in [2.05, 4.69) is 44.5 Å². The van der Waals surface area contributed by atoms with Crippen molar-refractivity contribution in [2.45, 2.75) is 110 Å². The molecule has 2 rings (SSSR count). The minimum atomic E-state index is -2.48. The van der Waals surface area contributed by atoms with Crippen LogP contribution in [0.2, 0.25) is 18.1 Å². The molecule has 3 atom stereocenters. The van der Waals surface area contributed by atoms with Crippen LogP contribution in [0.1, 0.15) is 71.9 Å². The highest BCUT2D eigenvalue weighted by Crippen LogP contribution is 2.40. The van der Waals surface area contributed by atoms with Gasteiger partial charge in [0, 0.05) is 13.0 Å². The molecule has 12 heteroatoms. The van der Waals surface area contributed by atoms with Crippen molar-refractivity contribution < 1.29 is 42.9 Å². The van der Waals surface area contributed by atoms with Crippen LogP contribution in [0, 0.1) is 5.92 Å². The predicted molar refractivity (Wildman–Crippen MR) is 188 cm³/mol. The summed E-state index contributed by atoms with van der Waals surface area (Å²) in [5.41, 5.74) is 0.864. The molecule has 2 aromatic carbocycles. The molecule has 0 aliphatic heterocycles. The number of carbonyl (C=O) groups excluding carboxylic acids is 2. The zero-order chi connectivity index (χ0) is 36.3. The van der Waals surface area contributed by atoms with Gasteiger partial charge in [0.15, 0.2) is 19.8 Å². The molecule has 0 aliphatic rings. The number of carbonyl (C=O) groups is 3. The van der Waals surface area contributed by atoms with Crippen molar-refractivity contribution in [3.8, 4) is 17.2 Å². The molecular weight excluding hydrogens is 632 g/mol. The van der Waals surface area contributed by atoms with E-state index in [1.807, 2.05) is 30.3 Å². The van der Waals surface area contributed by atoms with Crippen molar-refractivity contribution in [3.05, 3.63) is 53.6 Å². The largest absolute Gasteiger partial charge is 0.493 e. The number of hydrogen-bond donors (Lipinski definition) is 3. The first-order valence-electron chi connectivity index (χ1n) is 16.3. The monoisotopic (exact) mass is 688 g/mol. The summed E-state index contributed by atoms with van der Waals surface area (Å²) in [5.74, 6) is -0.620. The highest BCUT2D eigenvalue weighted by Gasteiger charge is 2.42. The second-order valence-electron chi connectivity index (χ2n) is 14.5. The smallest absolute Gasteiger partial charge is 0.407 e. The van der Waals surface area contributed by atoms with Crippen molar-refractivity contribution in [1.82, 2.24) is 10.6 Å². The van der Waals surface area contributed by atoms with Crippen LogP contribution in [-0.2, 0) is 31.7 Å². The van der Waals surface area contributed by atoms with E-state index in [1.165, 1.54) is 21.3 Å². The van der Waals surface area contributed by atoms with Gasteiger partial charge in [0.2, 0.25) is 11.7 Å². The summed E-state index contributed by atoms with van der Waals surface area (Å²) >= 11 is 0. The molecule has 48 heavy (non-hydrogen) atoms. The molecule has 0 spiro atoms. The number of hydrogen-bond acceptors (Lipinski definition) is 8. The van der Waals surface area contributed by atoms with Gasteiger partial charge in [-0.15, -0.1) is 0 Å². The van der Waals surface area contributed by atoms with Gasteiger partial charge in [-0.1, -0.05) is 51.1 Å². The maximum absolute atomic E-state index is 13.2. The molecule has 0 unspecified atom stereocenters. The molecule has 0 radical (unpaired) electrons. The fourth-order valence-electron chi connectivity index (χ4n) is 4.92. The zero-order valence-electron chi connectivity index (χ0n) is 30.5. The molecule has 0 fully saturated rings. The van der Waals surface area contributed by atoms with Gasteiger partial charge in [-0.05, 0) is 81.4 Å². The quantitative estimate of drug-likeness (QED) is 0.154.